The van der Waals surface area contributed by atoms with Crippen LogP contribution in [0.5, 0.6) is 5.75 Å². The molecule has 3 amide bonds. The van der Waals surface area contributed by atoms with E-state index in [1.165, 1.54) is 6.92 Å². The lowest BCUT2D eigenvalue weighted by molar-refractivity contribution is -0.128. The number of furan rings is 1. The molecule has 1 aromatic heterocycles. The van der Waals surface area contributed by atoms with Crippen LogP contribution in [0, 0.1) is 0 Å². The molecule has 1 atom stereocenters. The number of para-hydroxylation sites is 2. The van der Waals surface area contributed by atoms with Crippen LogP contribution in [0.4, 0.5) is 4.79 Å². The average molecular weight is 410 g/mol. The summed E-state index contributed by atoms with van der Waals surface area (Å²) < 4.78 is 16.7. The quantitative estimate of drug-likeness (QED) is 0.578. The monoisotopic (exact) mass is 410 g/mol. The molecule has 3 aromatic rings. The zero-order valence-electron chi connectivity index (χ0n) is 16.6. The number of ether oxygens (including phenoxy) is 2. The number of rotatable bonds is 7. The van der Waals surface area contributed by atoms with E-state index >= 15 is 0 Å². The van der Waals surface area contributed by atoms with Crippen LogP contribution < -0.4 is 15.4 Å². The number of hydrogen-bond donors (Lipinski definition) is 2. The number of carbonyl (C=O) groups is 3. The van der Waals surface area contributed by atoms with E-state index in [1.54, 1.807) is 31.2 Å². The molecule has 0 spiro atoms. The smallest absolute Gasteiger partial charge is 0.375 e. The first kappa shape index (κ1) is 20.9. The Labute approximate surface area is 173 Å². The summed E-state index contributed by atoms with van der Waals surface area (Å²) in [5.41, 5.74) is 1.01. The van der Waals surface area contributed by atoms with Gasteiger partial charge in [0.05, 0.1) is 5.56 Å². The van der Waals surface area contributed by atoms with Crippen LogP contribution in [0.1, 0.15) is 30.0 Å². The summed E-state index contributed by atoms with van der Waals surface area (Å²) in [6.45, 7) is 3.52. The van der Waals surface area contributed by atoms with Crippen molar-refractivity contribution in [1.29, 1.82) is 0 Å². The fourth-order valence-corrected chi connectivity index (χ4v) is 2.77. The highest BCUT2D eigenvalue weighted by molar-refractivity contribution is 6.00. The topological polar surface area (TPSA) is 107 Å². The van der Waals surface area contributed by atoms with Crippen LogP contribution in [-0.2, 0) is 16.1 Å². The Morgan fingerprint density at radius 3 is 2.47 bits per heavy atom. The molecule has 30 heavy (non-hydrogen) atoms. The molecule has 1 heterocycles. The van der Waals surface area contributed by atoms with E-state index in [9.17, 15) is 14.4 Å². The van der Waals surface area contributed by atoms with Crippen molar-refractivity contribution in [3.8, 4) is 5.75 Å². The van der Waals surface area contributed by atoms with Gasteiger partial charge in [-0.1, -0.05) is 36.4 Å². The minimum atomic E-state index is -1.20. The second kappa shape index (κ2) is 9.60. The van der Waals surface area contributed by atoms with Crippen molar-refractivity contribution < 1.29 is 28.3 Å². The molecule has 0 radical (unpaired) electrons. The van der Waals surface area contributed by atoms with Crippen molar-refractivity contribution in [2.75, 3.05) is 6.54 Å². The fourth-order valence-electron chi connectivity index (χ4n) is 2.77. The molecule has 0 saturated carbocycles. The molecule has 0 aliphatic heterocycles. The van der Waals surface area contributed by atoms with E-state index in [0.29, 0.717) is 28.8 Å². The van der Waals surface area contributed by atoms with Crippen LogP contribution in [0.25, 0.3) is 11.0 Å². The molecule has 8 nitrogen and oxygen atoms in total. The van der Waals surface area contributed by atoms with E-state index in [4.69, 9.17) is 13.9 Å². The Morgan fingerprint density at radius 2 is 1.73 bits per heavy atom. The van der Waals surface area contributed by atoms with Crippen molar-refractivity contribution in [2.45, 2.75) is 26.6 Å². The zero-order chi connectivity index (χ0) is 21.5. The Kier molecular flexibility index (Phi) is 6.69. The molecule has 1 unspecified atom stereocenters. The number of fused-ring (bicyclic) bond motifs is 1. The normalized spacial score (nSPS) is 11.5. The summed E-state index contributed by atoms with van der Waals surface area (Å²) >= 11 is 0. The van der Waals surface area contributed by atoms with Crippen molar-refractivity contribution in [1.82, 2.24) is 10.6 Å². The third-order valence-corrected chi connectivity index (χ3v) is 4.24. The average Bonchev–Trinajstić information content (AvgIpc) is 3.12. The van der Waals surface area contributed by atoms with Crippen molar-refractivity contribution in [2.24, 2.45) is 0 Å². The first-order chi connectivity index (χ1) is 14.5. The third kappa shape index (κ3) is 4.96. The van der Waals surface area contributed by atoms with Crippen molar-refractivity contribution in [3.63, 3.8) is 0 Å². The highest BCUT2D eigenvalue weighted by atomic mass is 16.6. The van der Waals surface area contributed by atoms with Gasteiger partial charge in [0.15, 0.2) is 6.10 Å². The third-order valence-electron chi connectivity index (χ3n) is 4.24. The lowest BCUT2D eigenvalue weighted by Gasteiger charge is -2.13. The van der Waals surface area contributed by atoms with E-state index in [2.05, 4.69) is 10.6 Å². The number of benzene rings is 2. The largest absolute Gasteiger partial charge is 0.489 e. The predicted molar refractivity (Wildman–Crippen MR) is 109 cm³/mol. The summed E-state index contributed by atoms with van der Waals surface area (Å²) in [5.74, 6) is -0.981. The second-order valence-corrected chi connectivity index (χ2v) is 6.40. The van der Waals surface area contributed by atoms with Crippen LogP contribution in [0.2, 0.25) is 0 Å². The van der Waals surface area contributed by atoms with E-state index < -0.39 is 24.0 Å². The summed E-state index contributed by atoms with van der Waals surface area (Å²) in [4.78, 5) is 36.3. The number of carbonyl (C=O) groups excluding carboxylic acids is 3. The van der Waals surface area contributed by atoms with Gasteiger partial charge < -0.3 is 19.2 Å². The Balaban J connectivity index is 1.77. The molecule has 0 bridgehead atoms. The minimum absolute atomic E-state index is 0.0511. The Bertz CT molecular complexity index is 1040. The maximum atomic E-state index is 12.7. The zero-order valence-corrected chi connectivity index (χ0v) is 16.6. The van der Waals surface area contributed by atoms with Crippen LogP contribution in [0.3, 0.4) is 0 Å². The van der Waals surface area contributed by atoms with Gasteiger partial charge in [0.25, 0.3) is 5.91 Å². The molecule has 2 N–H and O–H groups in total. The predicted octanol–water partition coefficient (Wildman–Crippen LogP) is 3.40. The van der Waals surface area contributed by atoms with E-state index in [-0.39, 0.29) is 12.4 Å². The lowest BCUT2D eigenvalue weighted by atomic mass is 10.1. The van der Waals surface area contributed by atoms with Gasteiger partial charge in [0, 0.05) is 11.9 Å². The van der Waals surface area contributed by atoms with E-state index in [0.717, 1.165) is 0 Å². The molecule has 156 valence electrons. The highest BCUT2D eigenvalue weighted by Crippen LogP contribution is 2.28. The standard InChI is InChI=1S/C22H22N2O6/c1-3-23-22(27)24-20(25)14(2)29-21(26)19-17(13-28-15-9-5-4-6-10-15)16-11-7-8-12-18(16)30-19/h4-12,14H,3,13H2,1-2H3,(H2,23,24,25,27). The molecular formula is C22H22N2O6. The number of nitrogens with one attached hydrogen (secondary N) is 2. The van der Waals surface area contributed by atoms with Gasteiger partial charge in [-0.25, -0.2) is 9.59 Å². The number of imide groups is 1. The Hall–Kier alpha value is -3.81. The Morgan fingerprint density at radius 1 is 1.03 bits per heavy atom. The summed E-state index contributed by atoms with van der Waals surface area (Å²) in [7, 11) is 0. The van der Waals surface area contributed by atoms with Crippen molar-refractivity contribution in [3.05, 3.63) is 65.9 Å². The van der Waals surface area contributed by atoms with Crippen LogP contribution >= 0.6 is 0 Å². The SMILES string of the molecule is CCNC(=O)NC(=O)C(C)OC(=O)c1oc2ccccc2c1COc1ccccc1. The van der Waals surface area contributed by atoms with Gasteiger partial charge in [-0.05, 0) is 32.0 Å². The summed E-state index contributed by atoms with van der Waals surface area (Å²) in [6, 6.07) is 15.6. The highest BCUT2D eigenvalue weighted by Gasteiger charge is 2.26. The molecule has 0 aliphatic carbocycles. The molecule has 3 rings (SSSR count). The molecule has 8 heteroatoms. The van der Waals surface area contributed by atoms with Crippen molar-refractivity contribution >= 4 is 28.9 Å². The van der Waals surface area contributed by atoms with Crippen LogP contribution in [-0.4, -0.2) is 30.6 Å². The molecule has 2 aromatic carbocycles. The molecule has 0 fully saturated rings. The fraction of sp³-hybridized carbons (Fsp3) is 0.227. The number of urea groups is 1. The van der Waals surface area contributed by atoms with Gasteiger partial charge in [0.1, 0.15) is 17.9 Å². The number of esters is 1. The summed E-state index contributed by atoms with van der Waals surface area (Å²) in [6.07, 6.45) is -1.20. The maximum Gasteiger partial charge on any atom is 0.375 e. The number of amides is 3. The lowest BCUT2D eigenvalue weighted by Crippen LogP contribution is -2.44. The van der Waals surface area contributed by atoms with Gasteiger partial charge in [0.2, 0.25) is 5.76 Å². The summed E-state index contributed by atoms with van der Waals surface area (Å²) in [5, 5.41) is 5.24. The van der Waals surface area contributed by atoms with Gasteiger partial charge in [-0.2, -0.15) is 0 Å². The molecule has 0 saturated heterocycles. The van der Waals surface area contributed by atoms with Crippen LogP contribution in [0.15, 0.2) is 59.0 Å². The first-order valence-corrected chi connectivity index (χ1v) is 9.47. The minimum Gasteiger partial charge on any atom is -0.489 e. The van der Waals surface area contributed by atoms with E-state index in [1.807, 2.05) is 30.3 Å². The first-order valence-electron chi connectivity index (χ1n) is 9.47. The van der Waals surface area contributed by atoms with Gasteiger partial charge in [-0.3, -0.25) is 10.1 Å². The second-order valence-electron chi connectivity index (χ2n) is 6.40. The molecular weight excluding hydrogens is 388 g/mol. The van der Waals surface area contributed by atoms with Gasteiger partial charge >= 0.3 is 12.0 Å². The number of hydrogen-bond acceptors (Lipinski definition) is 6. The maximum absolute atomic E-state index is 12.7. The molecule has 0 aliphatic rings. The van der Waals surface area contributed by atoms with Gasteiger partial charge in [-0.15, -0.1) is 0 Å².